The average molecular weight is 239 g/mol. The zero-order valence-corrected chi connectivity index (χ0v) is 9.74. The Morgan fingerprint density at radius 2 is 2.13 bits per heavy atom. The molecule has 78 valence electrons. The third-order valence-electron chi connectivity index (χ3n) is 3.15. The number of fused-ring (bicyclic) bond motifs is 1. The molecule has 0 atom stereocenters. The lowest BCUT2D eigenvalue weighted by Crippen LogP contribution is -2.32. The first-order valence-electron chi connectivity index (χ1n) is 5.10. The van der Waals surface area contributed by atoms with Gasteiger partial charge in [-0.3, -0.25) is 0 Å². The van der Waals surface area contributed by atoms with Crippen molar-refractivity contribution in [3.8, 4) is 0 Å². The number of rotatable bonds is 1. The maximum atomic E-state index is 10.2. The highest BCUT2D eigenvalue weighted by Gasteiger charge is 2.37. The smallest absolute Gasteiger partial charge is 0.0988 e. The second-order valence-corrected chi connectivity index (χ2v) is 5.64. The molecule has 1 fully saturated rings. The summed E-state index contributed by atoms with van der Waals surface area (Å²) in [5, 5.41) is 12.1. The molecule has 3 rings (SSSR count). The van der Waals surface area contributed by atoms with Crippen LogP contribution in [-0.4, -0.2) is 5.11 Å². The monoisotopic (exact) mass is 238 g/mol. The lowest BCUT2D eigenvalue weighted by molar-refractivity contribution is -0.0353. The highest BCUT2D eigenvalue weighted by atomic mass is 35.5. The number of thiophene rings is 1. The van der Waals surface area contributed by atoms with Gasteiger partial charge in [-0.15, -0.1) is 11.3 Å². The molecule has 0 spiro atoms. The summed E-state index contributed by atoms with van der Waals surface area (Å²) >= 11 is 7.77. The third kappa shape index (κ3) is 1.40. The van der Waals surface area contributed by atoms with Crippen molar-refractivity contribution in [1.82, 2.24) is 0 Å². The molecule has 1 aromatic carbocycles. The fourth-order valence-electron chi connectivity index (χ4n) is 2.01. The van der Waals surface area contributed by atoms with E-state index in [-0.39, 0.29) is 0 Å². The van der Waals surface area contributed by atoms with Gasteiger partial charge in [0.15, 0.2) is 0 Å². The Morgan fingerprint density at radius 3 is 2.73 bits per heavy atom. The summed E-state index contributed by atoms with van der Waals surface area (Å²) in [5.74, 6) is 0. The van der Waals surface area contributed by atoms with Gasteiger partial charge in [-0.2, -0.15) is 0 Å². The van der Waals surface area contributed by atoms with Gasteiger partial charge < -0.3 is 5.11 Å². The molecule has 1 nitrogen and oxygen atoms in total. The van der Waals surface area contributed by atoms with Crippen molar-refractivity contribution >= 4 is 33.0 Å². The maximum Gasteiger partial charge on any atom is 0.0988 e. The van der Waals surface area contributed by atoms with Gasteiger partial charge in [-0.1, -0.05) is 17.7 Å². The molecule has 0 unspecified atom stereocenters. The standard InChI is InChI=1S/C12H11ClOS/c13-9-3-1-4-10-8(9)7-11(15-10)12(14)5-2-6-12/h1,3-4,7,14H,2,5-6H2. The molecule has 1 N–H and O–H groups in total. The SMILES string of the molecule is OC1(c2cc3c(Cl)cccc3s2)CCC1. The summed E-state index contributed by atoms with van der Waals surface area (Å²) in [4.78, 5) is 1.07. The zero-order valence-electron chi connectivity index (χ0n) is 8.16. The second kappa shape index (κ2) is 3.21. The van der Waals surface area contributed by atoms with E-state index in [2.05, 4.69) is 6.07 Å². The largest absolute Gasteiger partial charge is 0.384 e. The van der Waals surface area contributed by atoms with Crippen molar-refractivity contribution in [2.75, 3.05) is 0 Å². The Kier molecular flexibility index (Phi) is 2.06. The number of hydrogen-bond donors (Lipinski definition) is 1. The minimum Gasteiger partial charge on any atom is -0.384 e. The molecule has 1 aliphatic carbocycles. The van der Waals surface area contributed by atoms with Crippen LogP contribution in [0.15, 0.2) is 24.3 Å². The van der Waals surface area contributed by atoms with Crippen LogP contribution in [0.3, 0.4) is 0 Å². The molecule has 0 aliphatic heterocycles. The van der Waals surface area contributed by atoms with E-state index in [0.717, 1.165) is 39.2 Å². The summed E-state index contributed by atoms with van der Waals surface area (Å²) in [5.41, 5.74) is -0.562. The Morgan fingerprint density at radius 1 is 1.33 bits per heavy atom. The van der Waals surface area contributed by atoms with Crippen LogP contribution in [0.1, 0.15) is 24.1 Å². The van der Waals surface area contributed by atoms with Crippen molar-refractivity contribution in [1.29, 1.82) is 0 Å². The average Bonchev–Trinajstić information content (AvgIpc) is 2.59. The van der Waals surface area contributed by atoms with Crippen LogP contribution in [0.4, 0.5) is 0 Å². The first-order chi connectivity index (χ1) is 7.19. The first kappa shape index (κ1) is 9.64. The highest BCUT2D eigenvalue weighted by Crippen LogP contribution is 2.46. The first-order valence-corrected chi connectivity index (χ1v) is 6.29. The van der Waals surface area contributed by atoms with Crippen molar-refractivity contribution < 1.29 is 5.11 Å². The second-order valence-electron chi connectivity index (χ2n) is 4.15. The van der Waals surface area contributed by atoms with Gasteiger partial charge in [-0.25, -0.2) is 0 Å². The molecule has 3 heteroatoms. The molecule has 0 radical (unpaired) electrons. The molecular formula is C12H11ClOS. The molecular weight excluding hydrogens is 228 g/mol. The van der Waals surface area contributed by atoms with Crippen molar-refractivity contribution in [3.05, 3.63) is 34.2 Å². The van der Waals surface area contributed by atoms with Crippen molar-refractivity contribution in [2.24, 2.45) is 0 Å². The number of aliphatic hydroxyl groups is 1. The number of hydrogen-bond acceptors (Lipinski definition) is 2. The molecule has 1 heterocycles. The fraction of sp³-hybridized carbons (Fsp3) is 0.333. The Labute approximate surface area is 97.3 Å². The molecule has 15 heavy (non-hydrogen) atoms. The van der Waals surface area contributed by atoms with Gasteiger partial charge in [0.05, 0.1) is 5.60 Å². The molecule has 1 saturated carbocycles. The van der Waals surface area contributed by atoms with Crippen LogP contribution in [0.5, 0.6) is 0 Å². The Bertz CT molecular complexity index is 513. The Hall–Kier alpha value is -0.570. The van der Waals surface area contributed by atoms with Gasteiger partial charge in [0.25, 0.3) is 0 Å². The molecule has 0 amide bonds. The lowest BCUT2D eigenvalue weighted by Gasteiger charge is -2.35. The van der Waals surface area contributed by atoms with E-state index in [4.69, 9.17) is 11.6 Å². The topological polar surface area (TPSA) is 20.2 Å². The van der Waals surface area contributed by atoms with E-state index in [1.54, 1.807) is 11.3 Å². The van der Waals surface area contributed by atoms with Gasteiger partial charge in [0.1, 0.15) is 0 Å². The van der Waals surface area contributed by atoms with Crippen LogP contribution in [0.2, 0.25) is 5.02 Å². The fourth-order valence-corrected chi connectivity index (χ4v) is 3.53. The molecule has 2 aromatic rings. The predicted molar refractivity (Wildman–Crippen MR) is 64.6 cm³/mol. The normalized spacial score (nSPS) is 19.1. The minimum absolute atomic E-state index is 0.562. The summed E-state index contributed by atoms with van der Waals surface area (Å²) in [6.07, 6.45) is 2.90. The lowest BCUT2D eigenvalue weighted by atomic mass is 9.79. The van der Waals surface area contributed by atoms with Gasteiger partial charge in [-0.05, 0) is 37.5 Å². The summed E-state index contributed by atoms with van der Waals surface area (Å²) in [6, 6.07) is 7.94. The van der Waals surface area contributed by atoms with E-state index in [9.17, 15) is 5.11 Å². The highest BCUT2D eigenvalue weighted by molar-refractivity contribution is 7.19. The maximum absolute atomic E-state index is 10.2. The Balaban J connectivity index is 2.18. The van der Waals surface area contributed by atoms with Crippen LogP contribution >= 0.6 is 22.9 Å². The molecule has 1 aromatic heterocycles. The summed E-state index contributed by atoms with van der Waals surface area (Å²) in [7, 11) is 0. The predicted octanol–water partition coefficient (Wildman–Crippen LogP) is 3.93. The van der Waals surface area contributed by atoms with Crippen molar-refractivity contribution in [3.63, 3.8) is 0 Å². The van der Waals surface area contributed by atoms with Crippen molar-refractivity contribution in [2.45, 2.75) is 24.9 Å². The van der Waals surface area contributed by atoms with E-state index >= 15 is 0 Å². The molecule has 0 saturated heterocycles. The van der Waals surface area contributed by atoms with Gasteiger partial charge >= 0.3 is 0 Å². The molecule has 1 aliphatic rings. The third-order valence-corrected chi connectivity index (χ3v) is 4.77. The van der Waals surface area contributed by atoms with Crippen LogP contribution in [0, 0.1) is 0 Å². The zero-order chi connectivity index (χ0) is 10.5. The van der Waals surface area contributed by atoms with Crippen LogP contribution in [0.25, 0.3) is 10.1 Å². The summed E-state index contributed by atoms with van der Waals surface area (Å²) < 4.78 is 1.16. The van der Waals surface area contributed by atoms with Crippen LogP contribution < -0.4 is 0 Å². The van der Waals surface area contributed by atoms with E-state index < -0.39 is 5.60 Å². The van der Waals surface area contributed by atoms with E-state index in [1.807, 2.05) is 18.2 Å². The number of halogens is 1. The van der Waals surface area contributed by atoms with Gasteiger partial charge in [0, 0.05) is 20.0 Å². The summed E-state index contributed by atoms with van der Waals surface area (Å²) in [6.45, 7) is 0. The van der Waals surface area contributed by atoms with E-state index in [1.165, 1.54) is 0 Å². The van der Waals surface area contributed by atoms with E-state index in [0.29, 0.717) is 0 Å². The van der Waals surface area contributed by atoms with Crippen LogP contribution in [-0.2, 0) is 5.60 Å². The quantitative estimate of drug-likeness (QED) is 0.798. The molecule has 0 bridgehead atoms. The minimum atomic E-state index is -0.562. The van der Waals surface area contributed by atoms with Gasteiger partial charge in [0.2, 0.25) is 0 Å². The number of benzene rings is 1.